The van der Waals surface area contributed by atoms with Gasteiger partial charge in [-0.05, 0) is 37.4 Å². The molecule has 0 spiro atoms. The third-order valence-electron chi connectivity index (χ3n) is 4.70. The van der Waals surface area contributed by atoms with Crippen molar-refractivity contribution in [2.45, 2.75) is 25.5 Å². The van der Waals surface area contributed by atoms with E-state index >= 15 is 0 Å². The number of carbonyl (C=O) groups is 1. The topological polar surface area (TPSA) is 78.5 Å². The summed E-state index contributed by atoms with van der Waals surface area (Å²) in [5.74, 6) is -0.554. The van der Waals surface area contributed by atoms with Crippen LogP contribution in [0.4, 0.5) is 0 Å². The molecule has 2 N–H and O–H groups in total. The average Bonchev–Trinajstić information content (AvgIpc) is 3.10. The summed E-state index contributed by atoms with van der Waals surface area (Å²) in [5, 5.41) is 17.2. The molecule has 1 aromatic carbocycles. The van der Waals surface area contributed by atoms with E-state index in [9.17, 15) is 9.90 Å². The molecule has 1 atom stereocenters. The number of hydrogen-bond acceptors (Lipinski definition) is 5. The van der Waals surface area contributed by atoms with E-state index < -0.39 is 12.1 Å². The molecule has 24 heavy (non-hydrogen) atoms. The fraction of sp³-hybridized carbons (Fsp3) is 0.444. The zero-order valence-electron chi connectivity index (χ0n) is 13.8. The van der Waals surface area contributed by atoms with Crippen LogP contribution >= 0.6 is 0 Å². The number of aliphatic hydroxyl groups is 1. The molecular weight excluding hydrogens is 306 g/mol. The number of nitrogens with one attached hydrogen (secondary N) is 1. The lowest BCUT2D eigenvalue weighted by Crippen LogP contribution is -2.40. The largest absolute Gasteiger partial charge is 0.467 e. The van der Waals surface area contributed by atoms with Crippen LogP contribution in [0.1, 0.15) is 18.4 Å². The number of aliphatic hydroxyl groups excluding tert-OH is 1. The maximum Gasteiger partial charge on any atom is 0.334 e. The minimum atomic E-state index is -1.01. The van der Waals surface area contributed by atoms with Gasteiger partial charge < -0.3 is 9.84 Å². The summed E-state index contributed by atoms with van der Waals surface area (Å²) in [7, 11) is 1.31. The molecule has 0 saturated carbocycles. The summed E-state index contributed by atoms with van der Waals surface area (Å²) in [6.45, 7) is 2.50. The first-order valence-electron chi connectivity index (χ1n) is 8.25. The van der Waals surface area contributed by atoms with Gasteiger partial charge in [0.2, 0.25) is 0 Å². The van der Waals surface area contributed by atoms with Crippen LogP contribution in [0.25, 0.3) is 11.3 Å². The highest BCUT2D eigenvalue weighted by Crippen LogP contribution is 2.26. The Morgan fingerprint density at radius 3 is 2.75 bits per heavy atom. The van der Waals surface area contributed by atoms with Crippen LogP contribution in [0.5, 0.6) is 0 Å². The van der Waals surface area contributed by atoms with Crippen molar-refractivity contribution in [3.8, 4) is 11.3 Å². The number of aromatic nitrogens is 2. The van der Waals surface area contributed by atoms with Crippen LogP contribution in [0.15, 0.2) is 36.5 Å². The lowest BCUT2D eigenvalue weighted by Gasteiger charge is -2.33. The number of piperidine rings is 1. The van der Waals surface area contributed by atoms with Crippen molar-refractivity contribution in [1.29, 1.82) is 0 Å². The Morgan fingerprint density at radius 1 is 1.38 bits per heavy atom. The van der Waals surface area contributed by atoms with Crippen LogP contribution < -0.4 is 0 Å². The van der Waals surface area contributed by atoms with Crippen molar-refractivity contribution in [1.82, 2.24) is 15.1 Å². The molecule has 1 saturated heterocycles. The van der Waals surface area contributed by atoms with Gasteiger partial charge in [-0.15, -0.1) is 0 Å². The summed E-state index contributed by atoms with van der Waals surface area (Å²) < 4.78 is 4.63. The summed E-state index contributed by atoms with van der Waals surface area (Å²) in [6, 6.07) is 10.2. The van der Waals surface area contributed by atoms with Crippen molar-refractivity contribution in [2.24, 2.45) is 5.92 Å². The molecule has 3 rings (SSSR count). The predicted octanol–water partition coefficient (Wildman–Crippen LogP) is 1.82. The molecule has 1 aromatic heterocycles. The third-order valence-corrected chi connectivity index (χ3v) is 4.70. The van der Waals surface area contributed by atoms with Gasteiger partial charge in [0.25, 0.3) is 0 Å². The minimum absolute atomic E-state index is 0.0216. The first-order valence-corrected chi connectivity index (χ1v) is 8.25. The molecule has 128 valence electrons. The lowest BCUT2D eigenvalue weighted by molar-refractivity contribution is -0.154. The van der Waals surface area contributed by atoms with Gasteiger partial charge in [-0.1, -0.05) is 30.3 Å². The molecular formula is C18H23N3O3. The normalized spacial score (nSPS) is 17.6. The highest BCUT2D eigenvalue weighted by molar-refractivity contribution is 5.74. The van der Waals surface area contributed by atoms with Gasteiger partial charge in [0, 0.05) is 12.1 Å². The highest BCUT2D eigenvalue weighted by Gasteiger charge is 2.30. The van der Waals surface area contributed by atoms with Crippen LogP contribution in [-0.2, 0) is 16.1 Å². The number of nitrogens with zero attached hydrogens (tertiary/aromatic N) is 2. The summed E-state index contributed by atoms with van der Waals surface area (Å²) >= 11 is 0. The van der Waals surface area contributed by atoms with E-state index in [1.54, 1.807) is 0 Å². The quantitative estimate of drug-likeness (QED) is 0.818. The van der Waals surface area contributed by atoms with Gasteiger partial charge in [0.1, 0.15) is 0 Å². The second kappa shape index (κ2) is 7.59. The van der Waals surface area contributed by atoms with Crippen molar-refractivity contribution >= 4 is 5.97 Å². The van der Waals surface area contributed by atoms with Gasteiger partial charge in [-0.25, -0.2) is 4.79 Å². The SMILES string of the molecule is COC(=O)C(O)C1CCN(Cc2cn[nH]c2-c2ccccc2)CC1. The smallest absolute Gasteiger partial charge is 0.334 e. The number of ether oxygens (including phenoxy) is 1. The van der Waals surface area contributed by atoms with Gasteiger partial charge in [-0.3, -0.25) is 10.00 Å². The first kappa shape index (κ1) is 16.7. The Morgan fingerprint density at radius 2 is 2.08 bits per heavy atom. The Hall–Kier alpha value is -2.18. The zero-order chi connectivity index (χ0) is 16.9. The van der Waals surface area contributed by atoms with Crippen molar-refractivity contribution in [2.75, 3.05) is 20.2 Å². The number of hydrogen-bond donors (Lipinski definition) is 2. The van der Waals surface area contributed by atoms with E-state index in [0.29, 0.717) is 0 Å². The number of rotatable bonds is 5. The molecule has 0 aliphatic carbocycles. The molecule has 1 unspecified atom stereocenters. The Labute approximate surface area is 141 Å². The van der Waals surface area contributed by atoms with E-state index in [0.717, 1.165) is 49.3 Å². The average molecular weight is 329 g/mol. The minimum Gasteiger partial charge on any atom is -0.467 e. The molecule has 6 heteroatoms. The zero-order valence-corrected chi connectivity index (χ0v) is 13.8. The number of esters is 1. The van der Waals surface area contributed by atoms with E-state index in [1.807, 2.05) is 24.4 Å². The van der Waals surface area contributed by atoms with Crippen LogP contribution in [0, 0.1) is 5.92 Å². The molecule has 0 bridgehead atoms. The fourth-order valence-corrected chi connectivity index (χ4v) is 3.27. The Kier molecular flexibility index (Phi) is 5.27. The van der Waals surface area contributed by atoms with Gasteiger partial charge in [-0.2, -0.15) is 5.10 Å². The Bertz CT molecular complexity index is 663. The number of benzene rings is 1. The number of aromatic amines is 1. The molecule has 0 radical (unpaired) electrons. The van der Waals surface area contributed by atoms with Crippen molar-refractivity contribution in [3.05, 3.63) is 42.1 Å². The van der Waals surface area contributed by atoms with Crippen molar-refractivity contribution in [3.63, 3.8) is 0 Å². The number of carbonyl (C=O) groups excluding carboxylic acids is 1. The standard InChI is InChI=1S/C18H23N3O3/c1-24-18(23)17(22)14-7-9-21(10-8-14)12-15-11-19-20-16(15)13-5-3-2-4-6-13/h2-6,11,14,17,22H,7-10,12H2,1H3,(H,19,20). The monoisotopic (exact) mass is 329 g/mol. The number of H-pyrrole nitrogens is 1. The second-order valence-corrected chi connectivity index (χ2v) is 6.22. The van der Waals surface area contributed by atoms with Crippen LogP contribution in [0.2, 0.25) is 0 Å². The first-order chi connectivity index (χ1) is 11.7. The summed E-state index contributed by atoms with van der Waals surface area (Å²) in [6.07, 6.45) is 2.44. The van der Waals surface area contributed by atoms with E-state index in [-0.39, 0.29) is 5.92 Å². The summed E-state index contributed by atoms with van der Waals surface area (Å²) in [4.78, 5) is 13.8. The maximum absolute atomic E-state index is 11.5. The van der Waals surface area contributed by atoms with Crippen molar-refractivity contribution < 1.29 is 14.6 Å². The molecule has 2 aromatic rings. The number of likely N-dealkylation sites (tertiary alicyclic amines) is 1. The van der Waals surface area contributed by atoms with Gasteiger partial charge in [0.05, 0.1) is 19.0 Å². The molecule has 1 fully saturated rings. The van der Waals surface area contributed by atoms with E-state index in [2.05, 4.69) is 32.0 Å². The molecule has 0 amide bonds. The summed E-state index contributed by atoms with van der Waals surface area (Å²) in [5.41, 5.74) is 3.33. The Balaban J connectivity index is 1.60. The fourth-order valence-electron chi connectivity index (χ4n) is 3.27. The second-order valence-electron chi connectivity index (χ2n) is 6.22. The number of methoxy groups -OCH3 is 1. The predicted molar refractivity (Wildman–Crippen MR) is 90.0 cm³/mol. The molecule has 2 heterocycles. The van der Waals surface area contributed by atoms with E-state index in [1.165, 1.54) is 7.11 Å². The highest BCUT2D eigenvalue weighted by atomic mass is 16.5. The third kappa shape index (κ3) is 3.66. The molecule has 6 nitrogen and oxygen atoms in total. The molecule has 1 aliphatic heterocycles. The van der Waals surface area contributed by atoms with Crippen LogP contribution in [0.3, 0.4) is 0 Å². The van der Waals surface area contributed by atoms with Crippen LogP contribution in [-0.4, -0.2) is 52.5 Å². The van der Waals surface area contributed by atoms with E-state index in [4.69, 9.17) is 0 Å². The molecule has 1 aliphatic rings. The van der Waals surface area contributed by atoms with Gasteiger partial charge >= 0.3 is 5.97 Å². The van der Waals surface area contributed by atoms with Gasteiger partial charge in [0.15, 0.2) is 6.10 Å². The lowest BCUT2D eigenvalue weighted by atomic mass is 9.91. The maximum atomic E-state index is 11.5.